The van der Waals surface area contributed by atoms with Gasteiger partial charge in [0.25, 0.3) is 0 Å². The van der Waals surface area contributed by atoms with E-state index in [2.05, 4.69) is 46.4 Å². The second-order valence-electron chi connectivity index (χ2n) is 5.49. The molecule has 0 aliphatic carbocycles. The van der Waals surface area contributed by atoms with Crippen LogP contribution in [0.3, 0.4) is 0 Å². The Morgan fingerprint density at radius 3 is 1.50 bits per heavy atom. The summed E-state index contributed by atoms with van der Waals surface area (Å²) >= 11 is 0. The summed E-state index contributed by atoms with van der Waals surface area (Å²) < 4.78 is 0. The largest absolute Gasteiger partial charge is 0.329 e. The van der Waals surface area contributed by atoms with E-state index in [1.165, 1.54) is 25.9 Å². The van der Waals surface area contributed by atoms with Gasteiger partial charge in [0.15, 0.2) is 0 Å². The minimum atomic E-state index is 0.173. The lowest BCUT2D eigenvalue weighted by Gasteiger charge is -2.49. The van der Waals surface area contributed by atoms with Crippen LogP contribution in [0, 0.1) is 11.8 Å². The lowest BCUT2D eigenvalue weighted by atomic mass is 9.75. The molecule has 0 atom stereocenters. The number of nitrogens with two attached hydrogens (primary N) is 1. The predicted octanol–water partition coefficient (Wildman–Crippen LogP) is 3.12. The second kappa shape index (κ2) is 7.29. The topological polar surface area (TPSA) is 29.3 Å². The van der Waals surface area contributed by atoms with Crippen LogP contribution in [0.25, 0.3) is 0 Å². The molecule has 98 valence electrons. The molecule has 0 aromatic rings. The Bertz CT molecular complexity index is 162. The summed E-state index contributed by atoms with van der Waals surface area (Å²) in [7, 11) is 0. The number of nitrogens with zero attached hydrogens (tertiary/aromatic N) is 1. The molecular formula is C14H32N2. The van der Waals surface area contributed by atoms with Crippen molar-refractivity contribution >= 4 is 0 Å². The average molecular weight is 228 g/mol. The van der Waals surface area contributed by atoms with Crippen molar-refractivity contribution in [3.8, 4) is 0 Å². The van der Waals surface area contributed by atoms with E-state index < -0.39 is 0 Å². The van der Waals surface area contributed by atoms with Crippen molar-refractivity contribution < 1.29 is 0 Å². The fraction of sp³-hybridized carbons (Fsp3) is 1.00. The molecule has 2 N–H and O–H groups in total. The monoisotopic (exact) mass is 228 g/mol. The van der Waals surface area contributed by atoms with Gasteiger partial charge in [-0.3, -0.25) is 4.90 Å². The van der Waals surface area contributed by atoms with Crippen molar-refractivity contribution in [2.24, 2.45) is 17.6 Å². The van der Waals surface area contributed by atoms with Crippen LogP contribution in [0.5, 0.6) is 0 Å². The molecule has 0 rings (SSSR count). The van der Waals surface area contributed by atoms with Crippen LogP contribution in [-0.4, -0.2) is 30.1 Å². The van der Waals surface area contributed by atoms with E-state index in [9.17, 15) is 0 Å². The van der Waals surface area contributed by atoms with Gasteiger partial charge in [-0.25, -0.2) is 0 Å². The van der Waals surface area contributed by atoms with E-state index >= 15 is 0 Å². The molecule has 2 nitrogen and oxygen atoms in total. The molecule has 0 saturated carbocycles. The highest BCUT2D eigenvalue weighted by atomic mass is 15.2. The van der Waals surface area contributed by atoms with Gasteiger partial charge in [-0.2, -0.15) is 0 Å². The van der Waals surface area contributed by atoms with Crippen molar-refractivity contribution in [1.82, 2.24) is 4.90 Å². The maximum absolute atomic E-state index is 6.13. The highest BCUT2D eigenvalue weighted by Gasteiger charge is 2.40. The van der Waals surface area contributed by atoms with Crippen LogP contribution in [0.4, 0.5) is 0 Å². The van der Waals surface area contributed by atoms with Crippen molar-refractivity contribution in [3.63, 3.8) is 0 Å². The van der Waals surface area contributed by atoms with Crippen LogP contribution >= 0.6 is 0 Å². The molecule has 2 heteroatoms. The fourth-order valence-electron chi connectivity index (χ4n) is 3.07. The highest BCUT2D eigenvalue weighted by molar-refractivity contribution is 4.97. The van der Waals surface area contributed by atoms with Gasteiger partial charge in [0.05, 0.1) is 0 Å². The Morgan fingerprint density at radius 2 is 1.31 bits per heavy atom. The van der Waals surface area contributed by atoms with E-state index in [-0.39, 0.29) is 5.54 Å². The molecule has 0 aliphatic heterocycles. The number of rotatable bonds is 8. The van der Waals surface area contributed by atoms with Gasteiger partial charge >= 0.3 is 0 Å². The molecule has 0 aliphatic rings. The van der Waals surface area contributed by atoms with Crippen LogP contribution in [0.1, 0.15) is 54.4 Å². The van der Waals surface area contributed by atoms with Crippen molar-refractivity contribution in [2.45, 2.75) is 59.9 Å². The predicted molar refractivity (Wildman–Crippen MR) is 73.6 cm³/mol. The van der Waals surface area contributed by atoms with Gasteiger partial charge in [0.1, 0.15) is 0 Å². The number of hydrogen-bond donors (Lipinski definition) is 1. The highest BCUT2D eigenvalue weighted by Crippen LogP contribution is 2.32. The van der Waals surface area contributed by atoms with Gasteiger partial charge in [0, 0.05) is 12.1 Å². The van der Waals surface area contributed by atoms with Crippen LogP contribution < -0.4 is 5.73 Å². The van der Waals surface area contributed by atoms with E-state index in [0.717, 1.165) is 6.54 Å². The summed E-state index contributed by atoms with van der Waals surface area (Å²) in [5, 5.41) is 0. The SMILES string of the molecule is CCCN(CCC)C(CN)(C(C)C)C(C)C. The van der Waals surface area contributed by atoms with Crippen LogP contribution in [-0.2, 0) is 0 Å². The zero-order chi connectivity index (χ0) is 12.8. The first-order valence-electron chi connectivity index (χ1n) is 6.92. The van der Waals surface area contributed by atoms with E-state index in [0.29, 0.717) is 11.8 Å². The Labute approximate surface area is 103 Å². The van der Waals surface area contributed by atoms with Crippen LogP contribution in [0.15, 0.2) is 0 Å². The van der Waals surface area contributed by atoms with Crippen molar-refractivity contribution in [1.29, 1.82) is 0 Å². The standard InChI is InChI=1S/C14H32N2/c1-7-9-16(10-8-2)14(11-15,12(3)4)13(5)6/h12-13H,7-11,15H2,1-6H3. The summed E-state index contributed by atoms with van der Waals surface area (Å²) in [5.74, 6) is 1.21. The van der Waals surface area contributed by atoms with Crippen molar-refractivity contribution in [2.75, 3.05) is 19.6 Å². The van der Waals surface area contributed by atoms with Crippen molar-refractivity contribution in [3.05, 3.63) is 0 Å². The third-order valence-electron chi connectivity index (χ3n) is 3.90. The van der Waals surface area contributed by atoms with E-state index in [4.69, 9.17) is 5.73 Å². The summed E-state index contributed by atoms with van der Waals surface area (Å²) in [6.45, 7) is 16.9. The summed E-state index contributed by atoms with van der Waals surface area (Å²) in [4.78, 5) is 2.63. The molecule has 0 aromatic heterocycles. The van der Waals surface area contributed by atoms with E-state index in [1.807, 2.05) is 0 Å². The molecule has 0 fully saturated rings. The minimum Gasteiger partial charge on any atom is -0.329 e. The molecular weight excluding hydrogens is 196 g/mol. The zero-order valence-corrected chi connectivity index (χ0v) is 12.2. The first-order valence-corrected chi connectivity index (χ1v) is 6.92. The maximum atomic E-state index is 6.13. The maximum Gasteiger partial charge on any atom is 0.0377 e. The summed E-state index contributed by atoms with van der Waals surface area (Å²) in [6.07, 6.45) is 2.42. The molecule has 0 aromatic carbocycles. The average Bonchev–Trinajstić information content (AvgIpc) is 2.19. The Morgan fingerprint density at radius 1 is 0.938 bits per heavy atom. The first kappa shape index (κ1) is 15.9. The summed E-state index contributed by atoms with van der Waals surface area (Å²) in [5.41, 5.74) is 6.30. The molecule has 0 saturated heterocycles. The van der Waals surface area contributed by atoms with Crippen LogP contribution in [0.2, 0.25) is 0 Å². The zero-order valence-electron chi connectivity index (χ0n) is 12.2. The molecule has 0 bridgehead atoms. The molecule has 0 spiro atoms. The molecule has 0 radical (unpaired) electrons. The molecule has 0 heterocycles. The lowest BCUT2D eigenvalue weighted by molar-refractivity contribution is 0.0101. The Balaban J connectivity index is 5.07. The van der Waals surface area contributed by atoms with Gasteiger partial charge in [-0.15, -0.1) is 0 Å². The van der Waals surface area contributed by atoms with Gasteiger partial charge in [0.2, 0.25) is 0 Å². The number of hydrogen-bond acceptors (Lipinski definition) is 2. The summed E-state index contributed by atoms with van der Waals surface area (Å²) in [6, 6.07) is 0. The van der Waals surface area contributed by atoms with E-state index in [1.54, 1.807) is 0 Å². The Hall–Kier alpha value is -0.0800. The smallest absolute Gasteiger partial charge is 0.0377 e. The van der Waals surface area contributed by atoms with Gasteiger partial charge in [-0.05, 0) is 37.8 Å². The first-order chi connectivity index (χ1) is 7.47. The minimum absolute atomic E-state index is 0.173. The Kier molecular flexibility index (Phi) is 7.25. The fourth-order valence-corrected chi connectivity index (χ4v) is 3.07. The van der Waals surface area contributed by atoms with Gasteiger partial charge < -0.3 is 5.73 Å². The van der Waals surface area contributed by atoms with Gasteiger partial charge in [-0.1, -0.05) is 41.5 Å². The molecule has 0 amide bonds. The third-order valence-corrected chi connectivity index (χ3v) is 3.90. The second-order valence-corrected chi connectivity index (χ2v) is 5.49. The lowest BCUT2D eigenvalue weighted by Crippen LogP contribution is -2.61. The third kappa shape index (κ3) is 3.21. The molecule has 0 unspecified atom stereocenters. The normalized spacial score (nSPS) is 13.1. The quantitative estimate of drug-likeness (QED) is 0.691. The molecule has 16 heavy (non-hydrogen) atoms.